The highest BCUT2D eigenvalue weighted by Crippen LogP contribution is 2.24. The molecule has 5 nitrogen and oxygen atoms in total. The smallest absolute Gasteiger partial charge is 0.347 e. The van der Waals surface area contributed by atoms with Crippen molar-refractivity contribution in [2.75, 3.05) is 19.6 Å². The highest BCUT2D eigenvalue weighted by atomic mass is 35.5. The van der Waals surface area contributed by atoms with Crippen LogP contribution in [0.2, 0.25) is 0 Å². The summed E-state index contributed by atoms with van der Waals surface area (Å²) in [6, 6.07) is 4.57. The van der Waals surface area contributed by atoms with Crippen LogP contribution in [0.25, 0.3) is 11.0 Å². The first-order chi connectivity index (χ1) is 12.2. The zero-order chi connectivity index (χ0) is 19.4. The molecule has 0 saturated heterocycles. The maximum atomic E-state index is 12.6. The number of Topliss-reactive ketones (excluding diaryl/α,β-unsaturated/α-hetero) is 1. The molecule has 0 spiro atoms. The van der Waals surface area contributed by atoms with Crippen molar-refractivity contribution >= 4 is 29.2 Å². The number of aromatic hydroxyl groups is 1. The number of nitrogens with zero attached hydrogens (tertiary/aromatic N) is 1. The number of rotatable bonds is 8. The molecule has 2 aromatic rings. The van der Waals surface area contributed by atoms with Gasteiger partial charge in [-0.3, -0.25) is 4.79 Å². The van der Waals surface area contributed by atoms with E-state index in [1.807, 2.05) is 6.92 Å². The second kappa shape index (κ2) is 9.90. The number of phenols is 1. The summed E-state index contributed by atoms with van der Waals surface area (Å²) in [6.45, 7) is 12.9. The minimum atomic E-state index is -0.647. The Labute approximate surface area is 166 Å². The number of hydrogen-bond donors (Lipinski definition) is 1. The molecule has 0 saturated carbocycles. The van der Waals surface area contributed by atoms with Gasteiger partial charge in [0.15, 0.2) is 5.78 Å². The van der Waals surface area contributed by atoms with Crippen LogP contribution in [0, 0.1) is 18.8 Å². The van der Waals surface area contributed by atoms with Crippen molar-refractivity contribution in [3.05, 3.63) is 39.7 Å². The second-order valence-electron chi connectivity index (χ2n) is 7.84. The quantitative estimate of drug-likeness (QED) is 0.529. The van der Waals surface area contributed by atoms with Gasteiger partial charge in [-0.05, 0) is 36.5 Å². The second-order valence-corrected chi connectivity index (χ2v) is 7.84. The molecular weight excluding hydrogens is 366 g/mol. The van der Waals surface area contributed by atoms with Gasteiger partial charge in [-0.15, -0.1) is 12.4 Å². The average molecular weight is 396 g/mol. The normalized spacial score (nSPS) is 11.4. The van der Waals surface area contributed by atoms with Gasteiger partial charge in [0.05, 0.1) is 0 Å². The van der Waals surface area contributed by atoms with E-state index in [-0.39, 0.29) is 35.9 Å². The van der Waals surface area contributed by atoms with Gasteiger partial charge in [0.25, 0.3) is 0 Å². The third-order valence-electron chi connectivity index (χ3n) is 4.25. The Hall–Kier alpha value is -1.85. The largest absolute Gasteiger partial charge is 0.508 e. The predicted octanol–water partition coefficient (Wildman–Crippen LogP) is 4.42. The third-order valence-corrected chi connectivity index (χ3v) is 4.25. The molecule has 0 aliphatic rings. The molecule has 0 unspecified atom stereocenters. The topological polar surface area (TPSA) is 70.8 Å². The summed E-state index contributed by atoms with van der Waals surface area (Å²) in [5, 5.41) is 10.3. The van der Waals surface area contributed by atoms with Crippen molar-refractivity contribution in [2.45, 2.75) is 41.0 Å². The number of hydrogen-bond acceptors (Lipinski definition) is 5. The standard InChI is InChI=1S/C21H29NO4.ClH/c1-13(2)11-22(12-14(3)4)7-6-19(24)18-10-17-15(5)8-16(23)9-20(17)26-21(18)25;/h8-10,13-14,23H,6-7,11-12H2,1-5H3;1H. The van der Waals surface area contributed by atoms with Crippen LogP contribution in [0.15, 0.2) is 27.4 Å². The van der Waals surface area contributed by atoms with Crippen molar-refractivity contribution in [3.63, 3.8) is 0 Å². The first kappa shape index (κ1) is 23.2. The first-order valence-electron chi connectivity index (χ1n) is 9.20. The monoisotopic (exact) mass is 395 g/mol. The van der Waals surface area contributed by atoms with Crippen LogP contribution in [-0.4, -0.2) is 35.4 Å². The SMILES string of the molecule is Cc1cc(O)cc2oc(=O)c(C(=O)CCN(CC(C)C)CC(C)C)cc12.Cl. The Morgan fingerprint density at radius 2 is 1.70 bits per heavy atom. The van der Waals surface area contributed by atoms with Gasteiger partial charge in [0, 0.05) is 37.5 Å². The molecule has 2 rings (SSSR count). The van der Waals surface area contributed by atoms with Crippen LogP contribution in [0.3, 0.4) is 0 Å². The maximum absolute atomic E-state index is 12.6. The highest BCUT2D eigenvalue weighted by molar-refractivity contribution is 5.98. The Morgan fingerprint density at radius 1 is 1.11 bits per heavy atom. The van der Waals surface area contributed by atoms with E-state index < -0.39 is 5.63 Å². The molecule has 1 aromatic heterocycles. The third kappa shape index (κ3) is 6.36. The highest BCUT2D eigenvalue weighted by Gasteiger charge is 2.17. The van der Waals surface area contributed by atoms with E-state index in [2.05, 4.69) is 32.6 Å². The van der Waals surface area contributed by atoms with E-state index in [4.69, 9.17) is 4.42 Å². The van der Waals surface area contributed by atoms with Gasteiger partial charge in [0.2, 0.25) is 0 Å². The van der Waals surface area contributed by atoms with Crippen LogP contribution in [-0.2, 0) is 0 Å². The molecule has 0 bridgehead atoms. The number of carbonyl (C=O) groups is 1. The summed E-state index contributed by atoms with van der Waals surface area (Å²) in [5.41, 5.74) is 0.497. The van der Waals surface area contributed by atoms with Crippen molar-refractivity contribution in [3.8, 4) is 5.75 Å². The lowest BCUT2D eigenvalue weighted by Crippen LogP contribution is -2.33. The van der Waals surface area contributed by atoms with Crippen molar-refractivity contribution < 1.29 is 14.3 Å². The molecule has 150 valence electrons. The van der Waals surface area contributed by atoms with Gasteiger partial charge in [-0.25, -0.2) is 4.79 Å². The molecule has 0 atom stereocenters. The van der Waals surface area contributed by atoms with Gasteiger partial charge in [0.1, 0.15) is 16.9 Å². The van der Waals surface area contributed by atoms with Crippen molar-refractivity contribution in [1.29, 1.82) is 0 Å². The van der Waals surface area contributed by atoms with E-state index in [0.717, 1.165) is 18.7 Å². The molecule has 0 aliphatic heterocycles. The van der Waals surface area contributed by atoms with Gasteiger partial charge >= 0.3 is 5.63 Å². The van der Waals surface area contributed by atoms with Crippen LogP contribution < -0.4 is 5.63 Å². The maximum Gasteiger partial charge on any atom is 0.347 e. The fraction of sp³-hybridized carbons (Fsp3) is 0.524. The van der Waals surface area contributed by atoms with Crippen LogP contribution in [0.4, 0.5) is 0 Å². The predicted molar refractivity (Wildman–Crippen MR) is 111 cm³/mol. The fourth-order valence-electron chi connectivity index (χ4n) is 3.25. The molecular formula is C21H30ClNO4. The minimum Gasteiger partial charge on any atom is -0.508 e. The zero-order valence-corrected chi connectivity index (χ0v) is 17.6. The summed E-state index contributed by atoms with van der Waals surface area (Å²) in [5.74, 6) is 0.871. The number of benzene rings is 1. The molecule has 0 amide bonds. The molecule has 27 heavy (non-hydrogen) atoms. The number of phenolic OH excluding ortho intramolecular Hbond substituents is 1. The van der Waals surface area contributed by atoms with E-state index in [1.54, 1.807) is 12.1 Å². The molecule has 1 heterocycles. The Morgan fingerprint density at radius 3 is 2.26 bits per heavy atom. The number of fused-ring (bicyclic) bond motifs is 1. The lowest BCUT2D eigenvalue weighted by Gasteiger charge is -2.25. The van der Waals surface area contributed by atoms with Crippen LogP contribution in [0.5, 0.6) is 5.75 Å². The summed E-state index contributed by atoms with van der Waals surface area (Å²) >= 11 is 0. The molecule has 0 aliphatic carbocycles. The Kier molecular flexibility index (Phi) is 8.51. The van der Waals surface area contributed by atoms with Crippen LogP contribution >= 0.6 is 12.4 Å². The summed E-state index contributed by atoms with van der Waals surface area (Å²) in [4.78, 5) is 27.1. The van der Waals surface area contributed by atoms with Crippen molar-refractivity contribution in [1.82, 2.24) is 4.90 Å². The first-order valence-corrected chi connectivity index (χ1v) is 9.20. The summed E-state index contributed by atoms with van der Waals surface area (Å²) < 4.78 is 5.26. The molecule has 1 aromatic carbocycles. The molecule has 0 fully saturated rings. The fourth-order valence-corrected chi connectivity index (χ4v) is 3.25. The Balaban J connectivity index is 0.00000364. The number of aryl methyl sites for hydroxylation is 1. The van der Waals surface area contributed by atoms with Gasteiger partial charge in [-0.1, -0.05) is 27.7 Å². The Bertz CT molecular complexity index is 832. The molecule has 6 heteroatoms. The lowest BCUT2D eigenvalue weighted by molar-refractivity contribution is 0.0953. The van der Waals surface area contributed by atoms with E-state index >= 15 is 0 Å². The van der Waals surface area contributed by atoms with E-state index in [1.165, 1.54) is 6.07 Å². The number of halogens is 1. The zero-order valence-electron chi connectivity index (χ0n) is 16.7. The molecule has 0 radical (unpaired) electrons. The summed E-state index contributed by atoms with van der Waals surface area (Å²) in [6.07, 6.45) is 0.285. The average Bonchev–Trinajstić information content (AvgIpc) is 2.50. The van der Waals surface area contributed by atoms with Crippen LogP contribution in [0.1, 0.15) is 50.0 Å². The van der Waals surface area contributed by atoms with Crippen molar-refractivity contribution in [2.24, 2.45) is 11.8 Å². The van der Waals surface area contributed by atoms with E-state index in [9.17, 15) is 14.7 Å². The van der Waals surface area contributed by atoms with Gasteiger partial charge in [-0.2, -0.15) is 0 Å². The number of carbonyl (C=O) groups excluding carboxylic acids is 1. The lowest BCUT2D eigenvalue weighted by atomic mass is 10.0. The number of ketones is 1. The minimum absolute atomic E-state index is 0. The van der Waals surface area contributed by atoms with Gasteiger partial charge < -0.3 is 14.4 Å². The van der Waals surface area contributed by atoms with E-state index in [0.29, 0.717) is 29.3 Å². The molecule has 1 N–H and O–H groups in total. The summed E-state index contributed by atoms with van der Waals surface area (Å²) in [7, 11) is 0.